The highest BCUT2D eigenvalue weighted by atomic mass is 32.1. The number of unbranched alkanes of at least 4 members (excludes halogenated alkanes) is 2. The number of halogens is 1. The SMILES string of the molecule is CCCCCOc1c(C#N)cccc1Nc1nc(-c2cccnc2)c(F)s1. The number of hydrogen-bond donors (Lipinski definition) is 1. The van der Waals surface area contributed by atoms with Crippen LogP contribution in [0.2, 0.25) is 0 Å². The minimum Gasteiger partial charge on any atom is -0.490 e. The molecule has 0 aliphatic rings. The van der Waals surface area contributed by atoms with E-state index in [-0.39, 0.29) is 5.69 Å². The normalized spacial score (nSPS) is 10.4. The van der Waals surface area contributed by atoms with Crippen molar-refractivity contribution < 1.29 is 9.13 Å². The first-order chi connectivity index (χ1) is 13.2. The van der Waals surface area contributed by atoms with Gasteiger partial charge in [-0.05, 0) is 30.7 Å². The topological polar surface area (TPSA) is 70.8 Å². The molecule has 0 amide bonds. The first kappa shape index (κ1) is 18.8. The van der Waals surface area contributed by atoms with Crippen LogP contribution in [0.15, 0.2) is 42.7 Å². The highest BCUT2D eigenvalue weighted by Gasteiger charge is 2.16. The van der Waals surface area contributed by atoms with Gasteiger partial charge >= 0.3 is 0 Å². The van der Waals surface area contributed by atoms with Gasteiger partial charge in [-0.15, -0.1) is 0 Å². The van der Waals surface area contributed by atoms with Crippen LogP contribution in [-0.4, -0.2) is 16.6 Å². The molecule has 138 valence electrons. The number of nitrogens with zero attached hydrogens (tertiary/aromatic N) is 3. The Kier molecular flexibility index (Phi) is 6.34. The standard InChI is InChI=1S/C20H19FN4OS/c1-2-3-4-11-26-18-14(12-22)7-5-9-16(18)24-20-25-17(19(21)27-20)15-8-6-10-23-13-15/h5-10,13H,2-4,11H2,1H3,(H,24,25). The summed E-state index contributed by atoms with van der Waals surface area (Å²) in [7, 11) is 0. The van der Waals surface area contributed by atoms with Crippen LogP contribution in [0.25, 0.3) is 11.3 Å². The maximum atomic E-state index is 14.3. The minimum atomic E-state index is -0.396. The van der Waals surface area contributed by atoms with Gasteiger partial charge in [0.15, 0.2) is 10.9 Å². The van der Waals surface area contributed by atoms with E-state index in [9.17, 15) is 9.65 Å². The predicted octanol–water partition coefficient (Wildman–Crippen LogP) is 5.53. The van der Waals surface area contributed by atoms with Crippen molar-refractivity contribution in [2.24, 2.45) is 0 Å². The molecule has 0 unspecified atom stereocenters. The van der Waals surface area contributed by atoms with Crippen LogP contribution in [0.1, 0.15) is 31.7 Å². The van der Waals surface area contributed by atoms with Crippen LogP contribution in [0.4, 0.5) is 15.2 Å². The molecule has 0 fully saturated rings. The number of nitrogens with one attached hydrogen (secondary N) is 1. The largest absolute Gasteiger partial charge is 0.490 e. The second-order valence-corrected chi connectivity index (χ2v) is 6.81. The van der Waals surface area contributed by atoms with Crippen LogP contribution >= 0.6 is 11.3 Å². The van der Waals surface area contributed by atoms with Gasteiger partial charge in [0.25, 0.3) is 0 Å². The van der Waals surface area contributed by atoms with Gasteiger partial charge in [0.2, 0.25) is 5.13 Å². The Morgan fingerprint density at radius 1 is 1.26 bits per heavy atom. The molecule has 0 bridgehead atoms. The number of anilines is 2. The van der Waals surface area contributed by atoms with E-state index in [1.54, 1.807) is 42.7 Å². The molecule has 0 radical (unpaired) electrons. The van der Waals surface area contributed by atoms with Gasteiger partial charge in [-0.25, -0.2) is 4.98 Å². The molecule has 0 aliphatic heterocycles. The number of ether oxygens (including phenoxy) is 1. The molecule has 27 heavy (non-hydrogen) atoms. The first-order valence-electron chi connectivity index (χ1n) is 8.72. The lowest BCUT2D eigenvalue weighted by atomic mass is 10.2. The first-order valence-corrected chi connectivity index (χ1v) is 9.54. The summed E-state index contributed by atoms with van der Waals surface area (Å²) < 4.78 is 20.2. The van der Waals surface area contributed by atoms with Gasteiger partial charge in [0.05, 0.1) is 17.9 Å². The third-order valence-corrected chi connectivity index (χ3v) is 4.65. The van der Waals surface area contributed by atoms with E-state index in [1.807, 2.05) is 0 Å². The second kappa shape index (κ2) is 9.10. The zero-order valence-corrected chi connectivity index (χ0v) is 15.7. The molecule has 2 aromatic heterocycles. The van der Waals surface area contributed by atoms with Crippen LogP contribution in [0.3, 0.4) is 0 Å². The molecule has 0 atom stereocenters. The summed E-state index contributed by atoms with van der Waals surface area (Å²) in [5.41, 5.74) is 1.89. The van der Waals surface area contributed by atoms with E-state index in [2.05, 4.69) is 28.3 Å². The number of benzene rings is 1. The van der Waals surface area contributed by atoms with E-state index in [0.29, 0.717) is 34.3 Å². The molecule has 1 aromatic carbocycles. The summed E-state index contributed by atoms with van der Waals surface area (Å²) >= 11 is 0.903. The van der Waals surface area contributed by atoms with Crippen LogP contribution < -0.4 is 10.1 Å². The summed E-state index contributed by atoms with van der Waals surface area (Å²) in [6.07, 6.45) is 6.25. The van der Waals surface area contributed by atoms with E-state index >= 15 is 0 Å². The molecule has 0 aliphatic carbocycles. The molecule has 7 heteroatoms. The molecule has 1 N–H and O–H groups in total. The highest BCUT2D eigenvalue weighted by Crippen LogP contribution is 2.35. The van der Waals surface area contributed by atoms with Crippen LogP contribution in [0, 0.1) is 16.5 Å². The maximum Gasteiger partial charge on any atom is 0.206 e. The Hall–Kier alpha value is -2.98. The van der Waals surface area contributed by atoms with Crippen molar-refractivity contribution in [3.8, 4) is 23.1 Å². The van der Waals surface area contributed by atoms with E-state index < -0.39 is 5.13 Å². The number of nitriles is 1. The number of thiazole rings is 1. The molecule has 0 saturated carbocycles. The quantitative estimate of drug-likeness (QED) is 0.519. The molecule has 0 saturated heterocycles. The molecule has 5 nitrogen and oxygen atoms in total. The number of rotatable bonds is 8. The average Bonchev–Trinajstić information content (AvgIpc) is 3.06. The van der Waals surface area contributed by atoms with Crippen molar-refractivity contribution in [3.05, 3.63) is 53.4 Å². The predicted molar refractivity (Wildman–Crippen MR) is 105 cm³/mol. The Morgan fingerprint density at radius 2 is 2.15 bits per heavy atom. The van der Waals surface area contributed by atoms with Crippen molar-refractivity contribution in [2.45, 2.75) is 26.2 Å². The number of hydrogen-bond acceptors (Lipinski definition) is 6. The number of pyridine rings is 1. The number of para-hydroxylation sites is 1. The summed E-state index contributed by atoms with van der Waals surface area (Å²) in [5.74, 6) is 0.467. The number of aromatic nitrogens is 2. The average molecular weight is 382 g/mol. The molecule has 3 rings (SSSR count). The van der Waals surface area contributed by atoms with E-state index in [1.165, 1.54) is 0 Å². The third kappa shape index (κ3) is 4.60. The summed E-state index contributed by atoms with van der Waals surface area (Å²) in [6, 6.07) is 10.9. The fraction of sp³-hybridized carbons (Fsp3) is 0.250. The van der Waals surface area contributed by atoms with Gasteiger partial charge in [0, 0.05) is 18.0 Å². The van der Waals surface area contributed by atoms with Gasteiger partial charge < -0.3 is 10.1 Å². The van der Waals surface area contributed by atoms with Crippen LogP contribution in [0.5, 0.6) is 5.75 Å². The molecule has 3 aromatic rings. The lowest BCUT2D eigenvalue weighted by molar-refractivity contribution is 0.307. The Bertz CT molecular complexity index is 937. The van der Waals surface area contributed by atoms with Crippen molar-refractivity contribution in [1.82, 2.24) is 9.97 Å². The summed E-state index contributed by atoms with van der Waals surface area (Å²) in [4.78, 5) is 8.34. The van der Waals surface area contributed by atoms with Crippen LogP contribution in [-0.2, 0) is 0 Å². The lowest BCUT2D eigenvalue weighted by Crippen LogP contribution is -2.02. The Balaban J connectivity index is 1.84. The lowest BCUT2D eigenvalue weighted by Gasteiger charge is -2.13. The van der Waals surface area contributed by atoms with Crippen molar-refractivity contribution >= 4 is 22.2 Å². The molecular weight excluding hydrogens is 363 g/mol. The van der Waals surface area contributed by atoms with Gasteiger partial charge in [-0.2, -0.15) is 9.65 Å². The Morgan fingerprint density at radius 3 is 2.89 bits per heavy atom. The molecule has 0 spiro atoms. The maximum absolute atomic E-state index is 14.3. The van der Waals surface area contributed by atoms with Crippen molar-refractivity contribution in [2.75, 3.05) is 11.9 Å². The fourth-order valence-corrected chi connectivity index (χ4v) is 3.28. The van der Waals surface area contributed by atoms with Gasteiger partial charge in [0.1, 0.15) is 11.8 Å². The van der Waals surface area contributed by atoms with E-state index in [4.69, 9.17) is 4.74 Å². The van der Waals surface area contributed by atoms with Gasteiger partial charge in [-0.3, -0.25) is 4.98 Å². The third-order valence-electron chi connectivity index (χ3n) is 3.89. The van der Waals surface area contributed by atoms with Crippen molar-refractivity contribution in [3.63, 3.8) is 0 Å². The monoisotopic (exact) mass is 382 g/mol. The summed E-state index contributed by atoms with van der Waals surface area (Å²) in [6.45, 7) is 2.64. The fourth-order valence-electron chi connectivity index (χ4n) is 2.56. The van der Waals surface area contributed by atoms with Crippen molar-refractivity contribution in [1.29, 1.82) is 5.26 Å². The molecular formula is C20H19FN4OS. The second-order valence-electron chi connectivity index (χ2n) is 5.86. The van der Waals surface area contributed by atoms with Gasteiger partial charge in [-0.1, -0.05) is 37.2 Å². The smallest absolute Gasteiger partial charge is 0.206 e. The zero-order chi connectivity index (χ0) is 19.1. The van der Waals surface area contributed by atoms with E-state index in [0.717, 1.165) is 30.6 Å². The molecule has 2 heterocycles. The minimum absolute atomic E-state index is 0.248. The highest BCUT2D eigenvalue weighted by molar-refractivity contribution is 7.14. The Labute approximate surface area is 161 Å². The summed E-state index contributed by atoms with van der Waals surface area (Å²) in [5, 5.41) is 12.5. The zero-order valence-electron chi connectivity index (χ0n) is 14.9.